The van der Waals surface area contributed by atoms with Crippen molar-refractivity contribution in [2.75, 3.05) is 0 Å². The van der Waals surface area contributed by atoms with Crippen LogP contribution in [0.4, 0.5) is 27.6 Å². The molecule has 0 radical (unpaired) electrons. The molecule has 1 rings (SSSR count). The molecule has 118 valence electrons. The lowest BCUT2D eigenvalue weighted by Gasteiger charge is -2.13. The van der Waals surface area contributed by atoms with Gasteiger partial charge in [0.25, 0.3) is 15.5 Å². The van der Waals surface area contributed by atoms with Crippen molar-refractivity contribution >= 4 is 25.4 Å². The van der Waals surface area contributed by atoms with E-state index < -0.39 is 48.7 Å². The van der Waals surface area contributed by atoms with Crippen LogP contribution in [0, 0.1) is 10.1 Å². The molecule has 13 heteroatoms. The fourth-order valence-electron chi connectivity index (χ4n) is 1.34. The van der Waals surface area contributed by atoms with Crippen LogP contribution in [0.3, 0.4) is 0 Å². The van der Waals surface area contributed by atoms with Gasteiger partial charge in [0.15, 0.2) is 0 Å². The first-order chi connectivity index (χ1) is 9.34. The number of hydrogen-bond acceptors (Lipinski definition) is 5. The number of rotatable bonds is 4. The lowest BCUT2D eigenvalue weighted by Crippen LogP contribution is -2.20. The first-order valence-electron chi connectivity index (χ1n) is 4.64. The van der Waals surface area contributed by atoms with Crippen molar-refractivity contribution in [1.29, 1.82) is 0 Å². The highest BCUT2D eigenvalue weighted by Crippen LogP contribution is 2.44. The molecule has 0 amide bonds. The number of nitro groups is 1. The Bertz CT molecular complexity index is 674. The highest BCUT2D eigenvalue weighted by molar-refractivity contribution is 8.13. The molecule has 1 aromatic rings. The average Bonchev–Trinajstić information content (AvgIpc) is 2.23. The average molecular weight is 356 g/mol. The van der Waals surface area contributed by atoms with E-state index in [4.69, 9.17) is 10.7 Å². The lowest BCUT2D eigenvalue weighted by atomic mass is 10.1. The summed E-state index contributed by atoms with van der Waals surface area (Å²) in [7, 11) is -0.0905. The number of nitro benzene ring substituents is 1. The number of hydrogen-bond donors (Lipinski definition) is 0. The van der Waals surface area contributed by atoms with E-state index in [1.165, 1.54) is 0 Å². The maximum Gasteiger partial charge on any atom is 0.573 e. The molecule has 0 aliphatic rings. The topological polar surface area (TPSA) is 86.5 Å². The van der Waals surface area contributed by atoms with Crippen molar-refractivity contribution in [1.82, 2.24) is 0 Å². The lowest BCUT2D eigenvalue weighted by molar-refractivity contribution is -0.390. The van der Waals surface area contributed by atoms with E-state index in [1.54, 1.807) is 0 Å². The van der Waals surface area contributed by atoms with Crippen molar-refractivity contribution in [2.24, 2.45) is 0 Å². The molecule has 0 aromatic heterocycles. The number of nitrogens with zero attached hydrogens (tertiary/aromatic N) is 1. The summed E-state index contributed by atoms with van der Waals surface area (Å²) in [6, 6.07) is 0.541. The normalized spacial score (nSPS) is 12.5. The minimum absolute atomic E-state index is 0.262. The summed E-state index contributed by atoms with van der Waals surface area (Å²) in [5, 5.41) is 10.7. The molecule has 6 nitrogen and oxygen atoms in total. The quantitative estimate of drug-likeness (QED) is 0.358. The van der Waals surface area contributed by atoms with Crippen LogP contribution < -0.4 is 4.74 Å². The standard InChI is InChI=1S/C8H3ClF5NO5S/c9-21(18,19)4-2-1-3(7(10)11)5(15(16)17)6(4)20-8(12,13)14/h1-2,7H. The van der Waals surface area contributed by atoms with Gasteiger partial charge in [0.05, 0.1) is 10.5 Å². The summed E-state index contributed by atoms with van der Waals surface area (Å²) in [6.45, 7) is 0. The Labute approximate surface area is 117 Å². The van der Waals surface area contributed by atoms with E-state index in [9.17, 15) is 40.5 Å². The maximum atomic E-state index is 12.6. The van der Waals surface area contributed by atoms with E-state index in [1.807, 2.05) is 0 Å². The molecular formula is C8H3ClF5NO5S. The summed E-state index contributed by atoms with van der Waals surface area (Å²) in [4.78, 5) is 7.64. The molecule has 0 fully saturated rings. The number of ether oxygens (including phenoxy) is 1. The van der Waals surface area contributed by atoms with Gasteiger partial charge in [0.1, 0.15) is 4.90 Å². The highest BCUT2D eigenvalue weighted by atomic mass is 35.7. The van der Waals surface area contributed by atoms with Gasteiger partial charge in [-0.2, -0.15) is 0 Å². The van der Waals surface area contributed by atoms with Crippen molar-refractivity contribution in [3.05, 3.63) is 27.8 Å². The molecule has 0 bridgehead atoms. The molecule has 0 heterocycles. The second-order valence-corrected chi connectivity index (χ2v) is 5.91. The third kappa shape index (κ3) is 4.14. The van der Waals surface area contributed by atoms with Crippen LogP contribution in [0.15, 0.2) is 17.0 Å². The monoisotopic (exact) mass is 355 g/mol. The second-order valence-electron chi connectivity index (χ2n) is 3.37. The van der Waals surface area contributed by atoms with Gasteiger partial charge in [-0.3, -0.25) is 10.1 Å². The van der Waals surface area contributed by atoms with E-state index in [-0.39, 0.29) is 12.1 Å². The summed E-state index contributed by atoms with van der Waals surface area (Å²) < 4.78 is 87.3. The van der Waals surface area contributed by atoms with Crippen molar-refractivity contribution in [3.8, 4) is 5.75 Å². The predicted molar refractivity (Wildman–Crippen MR) is 57.8 cm³/mol. The molecule has 0 aliphatic heterocycles. The summed E-state index contributed by atoms with van der Waals surface area (Å²) >= 11 is 0. The van der Waals surface area contributed by atoms with Crippen molar-refractivity contribution < 1.29 is 40.0 Å². The van der Waals surface area contributed by atoms with Gasteiger partial charge in [0.2, 0.25) is 5.75 Å². The SMILES string of the molecule is O=[N+]([O-])c1c(C(F)F)ccc(S(=O)(=O)Cl)c1OC(F)(F)F. The van der Waals surface area contributed by atoms with Gasteiger partial charge in [-0.05, 0) is 12.1 Å². The van der Waals surface area contributed by atoms with Crippen molar-refractivity contribution in [3.63, 3.8) is 0 Å². The second kappa shape index (κ2) is 5.60. The summed E-state index contributed by atoms with van der Waals surface area (Å²) in [6.07, 6.45) is -9.09. The number of halogens is 6. The van der Waals surface area contributed by atoms with E-state index in [2.05, 4.69) is 4.74 Å². The van der Waals surface area contributed by atoms with Gasteiger partial charge in [-0.15, -0.1) is 13.2 Å². The third-order valence-electron chi connectivity index (χ3n) is 2.02. The fourth-order valence-corrected chi connectivity index (χ4v) is 2.29. The Morgan fingerprint density at radius 3 is 2.14 bits per heavy atom. The molecule has 0 atom stereocenters. The van der Waals surface area contributed by atoms with Gasteiger partial charge in [0, 0.05) is 10.7 Å². The van der Waals surface area contributed by atoms with Crippen LogP contribution >= 0.6 is 10.7 Å². The molecule has 0 unspecified atom stereocenters. The molecular weight excluding hydrogens is 353 g/mol. The van der Waals surface area contributed by atoms with Crippen molar-refractivity contribution in [2.45, 2.75) is 17.7 Å². The minimum Gasteiger partial charge on any atom is -0.397 e. The van der Waals surface area contributed by atoms with Gasteiger partial charge >= 0.3 is 12.0 Å². The van der Waals surface area contributed by atoms with Crippen LogP contribution in [0.25, 0.3) is 0 Å². The number of benzene rings is 1. The predicted octanol–water partition coefficient (Wildman–Crippen LogP) is 3.36. The zero-order chi connectivity index (χ0) is 16.6. The van der Waals surface area contributed by atoms with Crippen LogP contribution in [0.5, 0.6) is 5.75 Å². The van der Waals surface area contributed by atoms with Gasteiger partial charge < -0.3 is 4.74 Å². The molecule has 0 spiro atoms. The van der Waals surface area contributed by atoms with E-state index in [0.29, 0.717) is 0 Å². The van der Waals surface area contributed by atoms with E-state index >= 15 is 0 Å². The minimum atomic E-state index is -5.55. The summed E-state index contributed by atoms with van der Waals surface area (Å²) in [5.74, 6) is -1.92. The zero-order valence-electron chi connectivity index (χ0n) is 9.40. The molecule has 0 saturated heterocycles. The Morgan fingerprint density at radius 2 is 1.81 bits per heavy atom. The van der Waals surface area contributed by atoms with Crippen LogP contribution in [-0.4, -0.2) is 19.7 Å². The Hall–Kier alpha value is -1.69. The third-order valence-corrected chi connectivity index (χ3v) is 3.37. The molecule has 0 saturated carbocycles. The Balaban J connectivity index is 3.80. The first kappa shape index (κ1) is 17.4. The maximum absolute atomic E-state index is 12.6. The van der Waals surface area contributed by atoms with Crippen LogP contribution in [-0.2, 0) is 9.05 Å². The molecule has 21 heavy (non-hydrogen) atoms. The Kier molecular flexibility index (Phi) is 4.63. The highest BCUT2D eigenvalue weighted by Gasteiger charge is 2.40. The zero-order valence-corrected chi connectivity index (χ0v) is 11.0. The smallest absolute Gasteiger partial charge is 0.397 e. The Morgan fingerprint density at radius 1 is 1.29 bits per heavy atom. The number of alkyl halides is 5. The molecule has 0 aliphatic carbocycles. The van der Waals surface area contributed by atoms with Gasteiger partial charge in [-0.25, -0.2) is 17.2 Å². The first-order valence-corrected chi connectivity index (χ1v) is 6.95. The molecule has 1 aromatic carbocycles. The van der Waals surface area contributed by atoms with Gasteiger partial charge in [-0.1, -0.05) is 0 Å². The van der Waals surface area contributed by atoms with E-state index in [0.717, 1.165) is 0 Å². The molecule has 0 N–H and O–H groups in total. The fraction of sp³-hybridized carbons (Fsp3) is 0.250. The van der Waals surface area contributed by atoms with Crippen LogP contribution in [0.1, 0.15) is 12.0 Å². The van der Waals surface area contributed by atoms with Crippen LogP contribution in [0.2, 0.25) is 0 Å². The summed E-state index contributed by atoms with van der Waals surface area (Å²) in [5.41, 5.74) is -3.27. The largest absolute Gasteiger partial charge is 0.573 e.